The third-order valence-corrected chi connectivity index (χ3v) is 5.53. The van der Waals surface area contributed by atoms with Crippen molar-refractivity contribution >= 4 is 17.7 Å². The van der Waals surface area contributed by atoms with Crippen molar-refractivity contribution in [2.24, 2.45) is 0 Å². The number of benzene rings is 1. The number of hydrogen-bond acceptors (Lipinski definition) is 5. The number of carbonyl (C=O) groups excluding carboxylic acids is 3. The van der Waals surface area contributed by atoms with Crippen LogP contribution in [-0.2, 0) is 11.3 Å². The molecule has 1 fully saturated rings. The Morgan fingerprint density at radius 1 is 0.897 bits per heavy atom. The summed E-state index contributed by atoms with van der Waals surface area (Å²) in [6, 6.07) is 10.9. The van der Waals surface area contributed by atoms with Crippen LogP contribution in [0.1, 0.15) is 39.1 Å². The van der Waals surface area contributed by atoms with Crippen LogP contribution in [0.15, 0.2) is 48.8 Å². The van der Waals surface area contributed by atoms with Crippen molar-refractivity contribution < 1.29 is 14.4 Å². The summed E-state index contributed by atoms with van der Waals surface area (Å²) in [6.45, 7) is 4.23. The molecule has 0 radical (unpaired) electrons. The van der Waals surface area contributed by atoms with E-state index in [9.17, 15) is 14.4 Å². The summed E-state index contributed by atoms with van der Waals surface area (Å²) in [4.78, 5) is 46.8. The quantitative estimate of drug-likeness (QED) is 0.701. The largest absolute Gasteiger partial charge is 0.340 e. The standard InChI is InChI=1S/C22H24N4O3/c27-20(25-14-12-24(13-15-25)16-17-7-9-23-10-8-17)6-3-11-26-21(28)18-4-1-2-5-19(18)22(26)29/h1-2,4-5,7-10H,3,6,11-16H2. The minimum atomic E-state index is -0.261. The van der Waals surface area contributed by atoms with Crippen LogP contribution in [0, 0.1) is 0 Å². The number of rotatable bonds is 6. The molecule has 0 unspecified atom stereocenters. The fourth-order valence-electron chi connectivity index (χ4n) is 3.89. The first-order chi connectivity index (χ1) is 14.1. The first-order valence-corrected chi connectivity index (χ1v) is 9.98. The molecule has 3 amide bonds. The Bertz CT molecular complexity index is 872. The highest BCUT2D eigenvalue weighted by Crippen LogP contribution is 2.22. The van der Waals surface area contributed by atoms with Gasteiger partial charge in [0.2, 0.25) is 5.91 Å². The molecule has 1 aromatic heterocycles. The van der Waals surface area contributed by atoms with Gasteiger partial charge in [0.1, 0.15) is 0 Å². The molecule has 150 valence electrons. The van der Waals surface area contributed by atoms with Gasteiger partial charge < -0.3 is 4.90 Å². The fraction of sp³-hybridized carbons (Fsp3) is 0.364. The van der Waals surface area contributed by atoms with Crippen LogP contribution in [0.3, 0.4) is 0 Å². The lowest BCUT2D eigenvalue weighted by atomic mass is 10.1. The average molecular weight is 392 g/mol. The smallest absolute Gasteiger partial charge is 0.261 e. The van der Waals surface area contributed by atoms with Gasteiger partial charge in [0, 0.05) is 58.1 Å². The Kier molecular flexibility index (Phi) is 5.67. The number of nitrogens with zero attached hydrogens (tertiary/aromatic N) is 4. The highest BCUT2D eigenvalue weighted by Gasteiger charge is 2.34. The number of carbonyl (C=O) groups is 3. The number of amides is 3. The van der Waals surface area contributed by atoms with Crippen molar-refractivity contribution in [1.82, 2.24) is 19.7 Å². The summed E-state index contributed by atoms with van der Waals surface area (Å²) < 4.78 is 0. The van der Waals surface area contributed by atoms with Gasteiger partial charge in [-0.1, -0.05) is 12.1 Å². The Hall–Kier alpha value is -3.06. The second-order valence-corrected chi connectivity index (χ2v) is 7.42. The molecule has 3 heterocycles. The third-order valence-electron chi connectivity index (χ3n) is 5.53. The second kappa shape index (κ2) is 8.53. The molecule has 1 aromatic carbocycles. The van der Waals surface area contributed by atoms with Crippen LogP contribution in [0.25, 0.3) is 0 Å². The number of hydrogen-bond donors (Lipinski definition) is 0. The molecule has 0 N–H and O–H groups in total. The first kappa shape index (κ1) is 19.3. The van der Waals surface area contributed by atoms with Crippen LogP contribution < -0.4 is 0 Å². The molecule has 2 aliphatic heterocycles. The molecule has 1 saturated heterocycles. The van der Waals surface area contributed by atoms with Crippen molar-refractivity contribution in [1.29, 1.82) is 0 Å². The minimum absolute atomic E-state index is 0.0881. The Morgan fingerprint density at radius 3 is 2.14 bits per heavy atom. The zero-order chi connectivity index (χ0) is 20.2. The number of fused-ring (bicyclic) bond motifs is 1. The second-order valence-electron chi connectivity index (χ2n) is 7.42. The van der Waals surface area contributed by atoms with Gasteiger partial charge >= 0.3 is 0 Å². The number of aromatic nitrogens is 1. The van der Waals surface area contributed by atoms with E-state index in [2.05, 4.69) is 9.88 Å². The molecule has 2 aromatic rings. The molecule has 0 aliphatic carbocycles. The highest BCUT2D eigenvalue weighted by molar-refractivity contribution is 6.21. The first-order valence-electron chi connectivity index (χ1n) is 9.98. The van der Waals surface area contributed by atoms with E-state index in [-0.39, 0.29) is 24.3 Å². The third kappa shape index (κ3) is 4.19. The molecule has 0 spiro atoms. The number of piperazine rings is 1. The van der Waals surface area contributed by atoms with Crippen molar-refractivity contribution in [3.8, 4) is 0 Å². The maximum absolute atomic E-state index is 12.5. The van der Waals surface area contributed by atoms with Crippen molar-refractivity contribution in [3.63, 3.8) is 0 Å². The molecule has 7 heteroatoms. The van der Waals surface area contributed by atoms with Crippen molar-refractivity contribution in [2.45, 2.75) is 19.4 Å². The summed E-state index contributed by atoms with van der Waals surface area (Å²) in [7, 11) is 0. The van der Waals surface area contributed by atoms with Crippen LogP contribution in [0.2, 0.25) is 0 Å². The predicted octanol–water partition coefficient (Wildman–Crippen LogP) is 1.80. The Labute approximate surface area is 169 Å². The lowest BCUT2D eigenvalue weighted by Gasteiger charge is -2.35. The monoisotopic (exact) mass is 392 g/mol. The topological polar surface area (TPSA) is 73.8 Å². The molecule has 0 atom stereocenters. The van der Waals surface area contributed by atoms with E-state index >= 15 is 0 Å². The van der Waals surface area contributed by atoms with Crippen LogP contribution in [-0.4, -0.2) is 70.1 Å². The Balaban J connectivity index is 1.21. The van der Waals surface area contributed by atoms with E-state index in [0.29, 0.717) is 37.1 Å². The molecular formula is C22H24N4O3. The molecule has 29 heavy (non-hydrogen) atoms. The Morgan fingerprint density at radius 2 is 1.52 bits per heavy atom. The molecule has 2 aliphatic rings. The van der Waals surface area contributed by atoms with Crippen LogP contribution >= 0.6 is 0 Å². The SMILES string of the molecule is O=C(CCCN1C(=O)c2ccccc2C1=O)N1CCN(Cc2ccncc2)CC1. The fourth-order valence-corrected chi connectivity index (χ4v) is 3.89. The van der Waals surface area contributed by atoms with E-state index in [0.717, 1.165) is 19.6 Å². The van der Waals surface area contributed by atoms with Gasteiger partial charge in [-0.25, -0.2) is 0 Å². The van der Waals surface area contributed by atoms with E-state index < -0.39 is 0 Å². The predicted molar refractivity (Wildman–Crippen MR) is 107 cm³/mol. The normalized spacial score (nSPS) is 17.0. The van der Waals surface area contributed by atoms with E-state index in [1.165, 1.54) is 10.5 Å². The molecule has 4 rings (SSSR count). The maximum Gasteiger partial charge on any atom is 0.261 e. The summed E-state index contributed by atoms with van der Waals surface area (Å²) >= 11 is 0. The van der Waals surface area contributed by atoms with Gasteiger partial charge in [-0.05, 0) is 36.2 Å². The van der Waals surface area contributed by atoms with Gasteiger partial charge in [-0.15, -0.1) is 0 Å². The molecule has 0 bridgehead atoms. The van der Waals surface area contributed by atoms with Crippen molar-refractivity contribution in [2.75, 3.05) is 32.7 Å². The number of imide groups is 1. The summed E-state index contributed by atoms with van der Waals surface area (Å²) in [5, 5.41) is 0. The maximum atomic E-state index is 12.5. The zero-order valence-electron chi connectivity index (χ0n) is 16.3. The summed E-state index contributed by atoms with van der Waals surface area (Å²) in [6.07, 6.45) is 4.42. The van der Waals surface area contributed by atoms with Gasteiger partial charge in [0.25, 0.3) is 11.8 Å². The van der Waals surface area contributed by atoms with E-state index in [4.69, 9.17) is 0 Å². The molecular weight excluding hydrogens is 368 g/mol. The summed E-state index contributed by atoms with van der Waals surface area (Å²) in [5.74, 6) is -0.435. The molecule has 7 nitrogen and oxygen atoms in total. The lowest BCUT2D eigenvalue weighted by molar-refractivity contribution is -0.133. The average Bonchev–Trinajstić information content (AvgIpc) is 3.00. The summed E-state index contributed by atoms with van der Waals surface area (Å²) in [5.41, 5.74) is 2.13. The van der Waals surface area contributed by atoms with Gasteiger partial charge in [0.05, 0.1) is 11.1 Å². The van der Waals surface area contributed by atoms with Gasteiger partial charge in [-0.2, -0.15) is 0 Å². The zero-order valence-corrected chi connectivity index (χ0v) is 16.3. The van der Waals surface area contributed by atoms with Crippen LogP contribution in [0.5, 0.6) is 0 Å². The highest BCUT2D eigenvalue weighted by atomic mass is 16.2. The number of pyridine rings is 1. The van der Waals surface area contributed by atoms with Crippen LogP contribution in [0.4, 0.5) is 0 Å². The molecule has 0 saturated carbocycles. The van der Waals surface area contributed by atoms with E-state index in [1.807, 2.05) is 17.0 Å². The minimum Gasteiger partial charge on any atom is -0.340 e. The van der Waals surface area contributed by atoms with Crippen molar-refractivity contribution in [3.05, 3.63) is 65.5 Å². The lowest BCUT2D eigenvalue weighted by Crippen LogP contribution is -2.48. The van der Waals surface area contributed by atoms with Gasteiger partial charge in [0.15, 0.2) is 0 Å². The van der Waals surface area contributed by atoms with Gasteiger partial charge in [-0.3, -0.25) is 29.2 Å². The van der Waals surface area contributed by atoms with E-state index in [1.54, 1.807) is 36.7 Å².